The van der Waals surface area contributed by atoms with Crippen LogP contribution in [0.4, 0.5) is 0 Å². The van der Waals surface area contributed by atoms with Gasteiger partial charge in [0, 0.05) is 0 Å². The smallest absolute Gasteiger partial charge is 0.0946 e. The van der Waals surface area contributed by atoms with Crippen LogP contribution in [0.25, 0.3) is 0 Å². The molecular weight excluding hydrogens is 128 g/mol. The summed E-state index contributed by atoms with van der Waals surface area (Å²) >= 11 is 0. The molecule has 4 N–H and O–H groups in total. The molecule has 0 aliphatic heterocycles. The van der Waals surface area contributed by atoms with Crippen LogP contribution in [0.15, 0.2) is 0 Å². The molecule has 0 aliphatic rings. The van der Waals surface area contributed by atoms with Crippen LogP contribution in [0.1, 0.15) is 27.2 Å². The second kappa shape index (κ2) is 2.86. The third kappa shape index (κ3) is 1.68. The molecule has 0 saturated carbocycles. The molecule has 1 unspecified atom stereocenters. The monoisotopic (exact) mass is 146 g/mol. The summed E-state index contributed by atoms with van der Waals surface area (Å²) in [6, 6.07) is 0. The third-order valence-corrected chi connectivity index (χ3v) is 2.10. The number of aliphatic hydroxyl groups is 1. The summed E-state index contributed by atoms with van der Waals surface area (Å²) < 4.78 is 0. The normalized spacial score (nSPS) is 18.6. The maximum Gasteiger partial charge on any atom is 0.0946 e. The Morgan fingerprint density at radius 3 is 1.90 bits per heavy atom. The minimum Gasteiger partial charge on any atom is -0.387 e. The van der Waals surface area contributed by atoms with Crippen molar-refractivity contribution in [1.82, 2.24) is 5.32 Å². The zero-order valence-corrected chi connectivity index (χ0v) is 7.23. The van der Waals surface area contributed by atoms with Crippen molar-refractivity contribution >= 4 is 0 Å². The highest BCUT2D eigenvalue weighted by atomic mass is 16.3. The molecule has 0 heterocycles. The van der Waals surface area contributed by atoms with Crippen molar-refractivity contribution in [3.8, 4) is 0 Å². The van der Waals surface area contributed by atoms with Crippen LogP contribution in [-0.2, 0) is 0 Å². The average molecular weight is 146 g/mol. The summed E-state index contributed by atoms with van der Waals surface area (Å²) in [6.07, 6.45) is 0.701. The minimum absolute atomic E-state index is 0.674. The zero-order chi connectivity index (χ0) is 8.41. The van der Waals surface area contributed by atoms with E-state index < -0.39 is 11.3 Å². The van der Waals surface area contributed by atoms with E-state index in [4.69, 9.17) is 5.73 Å². The molecule has 3 nitrogen and oxygen atoms in total. The minimum atomic E-state index is -0.878. The molecule has 0 bridgehead atoms. The van der Waals surface area contributed by atoms with Gasteiger partial charge in [0.05, 0.1) is 11.3 Å². The van der Waals surface area contributed by atoms with Crippen molar-refractivity contribution < 1.29 is 5.11 Å². The summed E-state index contributed by atoms with van der Waals surface area (Å²) in [5, 5.41) is 12.4. The van der Waals surface area contributed by atoms with E-state index in [-0.39, 0.29) is 0 Å². The van der Waals surface area contributed by atoms with Crippen LogP contribution < -0.4 is 11.1 Å². The van der Waals surface area contributed by atoms with Gasteiger partial charge in [0.2, 0.25) is 0 Å². The first-order valence-electron chi connectivity index (χ1n) is 3.57. The van der Waals surface area contributed by atoms with Crippen molar-refractivity contribution in [2.24, 2.45) is 5.73 Å². The summed E-state index contributed by atoms with van der Waals surface area (Å²) in [5.41, 5.74) is 4.26. The summed E-state index contributed by atoms with van der Waals surface area (Å²) in [6.45, 7) is 5.34. The fraction of sp³-hybridized carbons (Fsp3) is 1.00. The topological polar surface area (TPSA) is 58.3 Å². The van der Waals surface area contributed by atoms with E-state index >= 15 is 0 Å². The van der Waals surface area contributed by atoms with Crippen LogP contribution in [0.2, 0.25) is 0 Å². The second-order valence-corrected chi connectivity index (χ2v) is 3.13. The fourth-order valence-electron chi connectivity index (χ4n) is 0.915. The summed E-state index contributed by atoms with van der Waals surface area (Å²) in [5.74, 6) is 0. The molecule has 3 heteroatoms. The number of likely N-dealkylation sites (N-methyl/N-ethyl adjacent to an activating group) is 1. The average Bonchev–Trinajstić information content (AvgIpc) is 1.84. The molecule has 0 aliphatic carbocycles. The van der Waals surface area contributed by atoms with E-state index in [0.29, 0.717) is 6.42 Å². The highest BCUT2D eigenvalue weighted by Crippen LogP contribution is 2.18. The lowest BCUT2D eigenvalue weighted by Gasteiger charge is -2.39. The van der Waals surface area contributed by atoms with Gasteiger partial charge in [-0.25, -0.2) is 0 Å². The van der Waals surface area contributed by atoms with Gasteiger partial charge in [0.1, 0.15) is 0 Å². The van der Waals surface area contributed by atoms with E-state index in [9.17, 15) is 5.11 Å². The third-order valence-electron chi connectivity index (χ3n) is 2.10. The molecule has 10 heavy (non-hydrogen) atoms. The van der Waals surface area contributed by atoms with Crippen LogP contribution in [-0.4, -0.2) is 23.4 Å². The SMILES string of the molecule is CCC(N)(NC)C(C)(C)O. The number of nitrogens with two attached hydrogens (primary N) is 1. The van der Waals surface area contributed by atoms with Crippen molar-refractivity contribution in [3.05, 3.63) is 0 Å². The number of hydrogen-bond donors (Lipinski definition) is 3. The second-order valence-electron chi connectivity index (χ2n) is 3.13. The maximum atomic E-state index is 9.55. The lowest BCUT2D eigenvalue weighted by Crippen LogP contribution is -2.65. The lowest BCUT2D eigenvalue weighted by molar-refractivity contribution is -0.0183. The predicted molar refractivity (Wildman–Crippen MR) is 42.6 cm³/mol. The first-order valence-corrected chi connectivity index (χ1v) is 3.57. The van der Waals surface area contributed by atoms with Crippen molar-refractivity contribution in [2.75, 3.05) is 7.05 Å². The number of hydrogen-bond acceptors (Lipinski definition) is 3. The fourth-order valence-corrected chi connectivity index (χ4v) is 0.915. The molecular formula is C7H18N2O. The number of rotatable bonds is 3. The quantitative estimate of drug-likeness (QED) is 0.493. The molecule has 0 fully saturated rings. The lowest BCUT2D eigenvalue weighted by atomic mass is 9.90. The van der Waals surface area contributed by atoms with Gasteiger partial charge in [0.25, 0.3) is 0 Å². The van der Waals surface area contributed by atoms with Gasteiger partial charge < -0.3 is 16.2 Å². The van der Waals surface area contributed by atoms with E-state index in [1.807, 2.05) is 6.92 Å². The maximum absolute atomic E-state index is 9.55. The Morgan fingerprint density at radius 2 is 1.90 bits per heavy atom. The van der Waals surface area contributed by atoms with Crippen LogP contribution in [0.5, 0.6) is 0 Å². The van der Waals surface area contributed by atoms with Gasteiger partial charge in [0.15, 0.2) is 0 Å². The molecule has 1 atom stereocenters. The molecule has 0 radical (unpaired) electrons. The summed E-state index contributed by atoms with van der Waals surface area (Å²) in [7, 11) is 1.75. The molecule has 0 aromatic carbocycles. The van der Waals surface area contributed by atoms with E-state index in [0.717, 1.165) is 0 Å². The Morgan fingerprint density at radius 1 is 1.50 bits per heavy atom. The van der Waals surface area contributed by atoms with Gasteiger partial charge in [-0.05, 0) is 27.3 Å². The molecule has 62 valence electrons. The van der Waals surface area contributed by atoms with Crippen LogP contribution >= 0.6 is 0 Å². The van der Waals surface area contributed by atoms with Crippen molar-refractivity contribution in [2.45, 2.75) is 38.5 Å². The number of nitrogens with one attached hydrogen (secondary N) is 1. The van der Waals surface area contributed by atoms with Gasteiger partial charge in [-0.3, -0.25) is 0 Å². The van der Waals surface area contributed by atoms with Gasteiger partial charge >= 0.3 is 0 Å². The van der Waals surface area contributed by atoms with E-state index in [1.54, 1.807) is 20.9 Å². The first kappa shape index (κ1) is 9.88. The van der Waals surface area contributed by atoms with Gasteiger partial charge in [-0.15, -0.1) is 0 Å². The Balaban J connectivity index is 4.33. The van der Waals surface area contributed by atoms with Crippen LogP contribution in [0.3, 0.4) is 0 Å². The van der Waals surface area contributed by atoms with Crippen molar-refractivity contribution in [1.29, 1.82) is 0 Å². The van der Waals surface area contributed by atoms with Crippen LogP contribution in [0, 0.1) is 0 Å². The Bertz CT molecular complexity index is 103. The largest absolute Gasteiger partial charge is 0.387 e. The zero-order valence-electron chi connectivity index (χ0n) is 7.23. The Labute approximate surface area is 62.6 Å². The first-order chi connectivity index (χ1) is 4.37. The standard InChI is InChI=1S/C7H18N2O/c1-5-7(8,9-4)6(2,3)10/h9-10H,5,8H2,1-4H3. The predicted octanol–water partition coefficient (Wildman–Crippen LogP) is 0.0417. The Hall–Kier alpha value is -0.120. The van der Waals surface area contributed by atoms with Gasteiger partial charge in [-0.1, -0.05) is 6.92 Å². The van der Waals surface area contributed by atoms with Crippen molar-refractivity contribution in [3.63, 3.8) is 0 Å². The summed E-state index contributed by atoms with van der Waals surface area (Å²) in [4.78, 5) is 0. The molecule has 0 amide bonds. The van der Waals surface area contributed by atoms with Gasteiger partial charge in [-0.2, -0.15) is 0 Å². The molecule has 0 aromatic rings. The Kier molecular flexibility index (Phi) is 2.83. The highest BCUT2D eigenvalue weighted by molar-refractivity contribution is 4.93. The molecule has 0 saturated heterocycles. The van der Waals surface area contributed by atoms with E-state index in [2.05, 4.69) is 5.32 Å². The molecule has 0 aromatic heterocycles. The highest BCUT2D eigenvalue weighted by Gasteiger charge is 2.36. The molecule has 0 rings (SSSR count). The van der Waals surface area contributed by atoms with E-state index in [1.165, 1.54) is 0 Å². The molecule has 0 spiro atoms.